The summed E-state index contributed by atoms with van der Waals surface area (Å²) in [5.41, 5.74) is 0. The van der Waals surface area contributed by atoms with Gasteiger partial charge < -0.3 is 34.5 Å². The van der Waals surface area contributed by atoms with Crippen LogP contribution in [0.2, 0.25) is 0 Å². The van der Waals surface area contributed by atoms with Crippen molar-refractivity contribution in [1.29, 1.82) is 5.41 Å². The Bertz CT molecular complexity index is 738. The predicted molar refractivity (Wildman–Crippen MR) is 91.5 cm³/mol. The van der Waals surface area contributed by atoms with Crippen LogP contribution in [0.3, 0.4) is 0 Å². The van der Waals surface area contributed by atoms with Crippen molar-refractivity contribution in [3.05, 3.63) is 12.3 Å². The van der Waals surface area contributed by atoms with Gasteiger partial charge in [0.05, 0.1) is 12.7 Å². The summed E-state index contributed by atoms with van der Waals surface area (Å²) >= 11 is 0. The van der Waals surface area contributed by atoms with Crippen molar-refractivity contribution in [2.24, 2.45) is 0 Å². The highest BCUT2D eigenvalue weighted by molar-refractivity contribution is 7.66. The number of ether oxygens (including phenoxy) is 1. The standard InChI is InChI=1S/C10H20N3O12P3/c1-13(5-4-9(11)12-7-14)10-3-2-8(23-10)6-22-27(18,19)25-28(20,21)24-26(15,16)17/h4-5,7-8,10H,2-3,6H2,1H3,(H,18,19)(H,20,21)(H2,11,12,14)(H2,15,16,17)/b5-4-/t8-,10+/m0/s1. The molecule has 0 aromatic rings. The van der Waals surface area contributed by atoms with Crippen LogP contribution in [0.4, 0.5) is 0 Å². The zero-order valence-corrected chi connectivity index (χ0v) is 17.0. The van der Waals surface area contributed by atoms with Crippen molar-refractivity contribution in [1.82, 2.24) is 10.2 Å². The van der Waals surface area contributed by atoms with Crippen LogP contribution >= 0.6 is 23.5 Å². The Balaban J connectivity index is 2.50. The number of carbonyl (C=O) groups excluding carboxylic acids is 1. The van der Waals surface area contributed by atoms with E-state index in [0.29, 0.717) is 19.3 Å². The molecule has 0 radical (unpaired) electrons. The fourth-order valence-corrected chi connectivity index (χ4v) is 5.04. The minimum Gasteiger partial charge on any atom is -0.355 e. The molecule has 0 bridgehead atoms. The highest BCUT2D eigenvalue weighted by Gasteiger charge is 2.41. The van der Waals surface area contributed by atoms with E-state index < -0.39 is 42.4 Å². The summed E-state index contributed by atoms with van der Waals surface area (Å²) in [5, 5.41) is 9.48. The van der Waals surface area contributed by atoms with Gasteiger partial charge in [-0.1, -0.05) is 0 Å². The largest absolute Gasteiger partial charge is 0.490 e. The number of amides is 1. The van der Waals surface area contributed by atoms with Crippen LogP contribution in [0, 0.1) is 5.41 Å². The van der Waals surface area contributed by atoms with Gasteiger partial charge in [0.15, 0.2) is 0 Å². The van der Waals surface area contributed by atoms with Gasteiger partial charge >= 0.3 is 23.5 Å². The molecular weight excluding hydrogens is 447 g/mol. The number of nitrogens with zero attached hydrogens (tertiary/aromatic N) is 1. The Hall–Kier alpha value is -0.950. The number of amidine groups is 1. The molecule has 0 aromatic carbocycles. The van der Waals surface area contributed by atoms with E-state index in [1.165, 1.54) is 12.3 Å². The van der Waals surface area contributed by atoms with E-state index in [2.05, 4.69) is 18.5 Å². The third-order valence-electron chi connectivity index (χ3n) is 3.07. The Labute approximate surface area is 159 Å². The molecule has 1 fully saturated rings. The SMILES string of the molecule is CN(/C=C\C(=N)NC=O)[C@H]1CC[C@@H](COP(=O)(O)OP(=O)(O)OP(=O)(O)O)O1. The monoisotopic (exact) mass is 467 g/mol. The minimum atomic E-state index is -5.56. The predicted octanol–water partition coefficient (Wildman–Crippen LogP) is 0.00357. The maximum Gasteiger partial charge on any atom is 0.490 e. The maximum absolute atomic E-state index is 11.6. The van der Waals surface area contributed by atoms with Gasteiger partial charge in [0, 0.05) is 13.2 Å². The highest BCUT2D eigenvalue weighted by atomic mass is 31.3. The first-order valence-electron chi connectivity index (χ1n) is 7.36. The van der Waals surface area contributed by atoms with Crippen LogP contribution in [-0.2, 0) is 36.4 Å². The molecule has 6 N–H and O–H groups in total. The van der Waals surface area contributed by atoms with Gasteiger partial charge in [-0.2, -0.15) is 8.62 Å². The molecule has 1 amide bonds. The fourth-order valence-electron chi connectivity index (χ4n) is 1.99. The second kappa shape index (κ2) is 10.2. The highest BCUT2D eigenvalue weighted by Crippen LogP contribution is 2.66. The third-order valence-corrected chi connectivity index (χ3v) is 6.87. The molecule has 2 unspecified atom stereocenters. The first-order valence-corrected chi connectivity index (χ1v) is 11.9. The van der Waals surface area contributed by atoms with E-state index >= 15 is 0 Å². The smallest absolute Gasteiger partial charge is 0.355 e. The fraction of sp³-hybridized carbons (Fsp3) is 0.600. The van der Waals surface area contributed by atoms with Crippen molar-refractivity contribution in [2.45, 2.75) is 25.2 Å². The number of phosphoric ester groups is 1. The molecule has 1 aliphatic rings. The third kappa shape index (κ3) is 10.0. The summed E-state index contributed by atoms with van der Waals surface area (Å²) in [6, 6.07) is 0. The minimum absolute atomic E-state index is 0.149. The van der Waals surface area contributed by atoms with Gasteiger partial charge in [-0.25, -0.2) is 13.7 Å². The van der Waals surface area contributed by atoms with Gasteiger partial charge in [-0.3, -0.25) is 14.7 Å². The normalized spacial score (nSPS) is 24.5. The molecule has 4 atom stereocenters. The Kier molecular flexibility index (Phi) is 9.13. The van der Waals surface area contributed by atoms with Crippen LogP contribution in [0.15, 0.2) is 12.3 Å². The van der Waals surface area contributed by atoms with Crippen LogP contribution in [-0.4, -0.2) is 62.7 Å². The van der Waals surface area contributed by atoms with Gasteiger partial charge in [-0.15, -0.1) is 0 Å². The van der Waals surface area contributed by atoms with Gasteiger partial charge in [0.25, 0.3) is 0 Å². The number of phosphoric acid groups is 3. The second-order valence-corrected chi connectivity index (χ2v) is 9.75. The lowest BCUT2D eigenvalue weighted by Gasteiger charge is -2.23. The summed E-state index contributed by atoms with van der Waals surface area (Å²) in [7, 11) is -14.6. The molecule has 0 saturated carbocycles. The first-order chi connectivity index (χ1) is 12.7. The van der Waals surface area contributed by atoms with Crippen LogP contribution < -0.4 is 5.32 Å². The van der Waals surface area contributed by atoms with E-state index in [0.717, 1.165) is 0 Å². The van der Waals surface area contributed by atoms with E-state index in [1.807, 2.05) is 0 Å². The van der Waals surface area contributed by atoms with Gasteiger partial charge in [0.1, 0.15) is 12.1 Å². The zero-order chi connectivity index (χ0) is 21.6. The summed E-state index contributed by atoms with van der Waals surface area (Å²) in [4.78, 5) is 47.1. The molecule has 15 nitrogen and oxygen atoms in total. The number of hydrogen-bond donors (Lipinski definition) is 6. The summed E-state index contributed by atoms with van der Waals surface area (Å²) in [6.07, 6.45) is 2.79. The van der Waals surface area contributed by atoms with Crippen molar-refractivity contribution in [3.8, 4) is 0 Å². The quantitative estimate of drug-likeness (QED) is 0.102. The van der Waals surface area contributed by atoms with Crippen LogP contribution in [0.5, 0.6) is 0 Å². The summed E-state index contributed by atoms with van der Waals surface area (Å²) < 4.78 is 50.6. The molecule has 162 valence electrons. The molecule has 1 aliphatic heterocycles. The van der Waals surface area contributed by atoms with Crippen LogP contribution in [0.25, 0.3) is 0 Å². The first kappa shape index (κ1) is 25.1. The lowest BCUT2D eigenvalue weighted by Crippen LogP contribution is -2.29. The molecule has 1 saturated heterocycles. The molecule has 1 rings (SSSR count). The number of rotatable bonds is 11. The molecule has 0 spiro atoms. The molecule has 0 aromatic heterocycles. The maximum atomic E-state index is 11.6. The second-order valence-electron chi connectivity index (χ2n) is 5.33. The summed E-state index contributed by atoms with van der Waals surface area (Å²) in [6.45, 7) is -0.528. The van der Waals surface area contributed by atoms with Crippen molar-refractivity contribution in [3.63, 3.8) is 0 Å². The van der Waals surface area contributed by atoms with Crippen molar-refractivity contribution in [2.75, 3.05) is 13.7 Å². The lowest BCUT2D eigenvalue weighted by molar-refractivity contribution is -0.108. The van der Waals surface area contributed by atoms with E-state index in [4.69, 9.17) is 24.8 Å². The van der Waals surface area contributed by atoms with Crippen LogP contribution in [0.1, 0.15) is 12.8 Å². The van der Waals surface area contributed by atoms with Gasteiger partial charge in [0.2, 0.25) is 6.41 Å². The number of nitrogens with one attached hydrogen (secondary N) is 2. The van der Waals surface area contributed by atoms with E-state index in [1.54, 1.807) is 11.9 Å². The molecule has 1 heterocycles. The van der Waals surface area contributed by atoms with Crippen molar-refractivity contribution >= 4 is 35.7 Å². The number of carbonyl (C=O) groups is 1. The Morgan fingerprint density at radius 1 is 1.21 bits per heavy atom. The average Bonchev–Trinajstić information content (AvgIpc) is 2.96. The molecule has 0 aliphatic carbocycles. The zero-order valence-electron chi connectivity index (χ0n) is 14.4. The average molecular weight is 467 g/mol. The summed E-state index contributed by atoms with van der Waals surface area (Å²) in [5.74, 6) is -0.149. The Morgan fingerprint density at radius 3 is 2.43 bits per heavy atom. The molecule has 18 heteroatoms. The van der Waals surface area contributed by atoms with Crippen molar-refractivity contribution < 1.29 is 55.9 Å². The molecule has 28 heavy (non-hydrogen) atoms. The van der Waals surface area contributed by atoms with Gasteiger partial charge in [-0.05, 0) is 18.9 Å². The Morgan fingerprint density at radius 2 is 1.86 bits per heavy atom. The topological polar surface area (TPSA) is 225 Å². The van der Waals surface area contributed by atoms with E-state index in [-0.39, 0.29) is 5.84 Å². The molecular formula is C10H20N3O12P3. The van der Waals surface area contributed by atoms with E-state index in [9.17, 15) is 23.4 Å². The number of hydrogen-bond acceptors (Lipinski definition) is 10. The lowest BCUT2D eigenvalue weighted by atomic mass is 10.2.